The van der Waals surface area contributed by atoms with Crippen LogP contribution in [-0.4, -0.2) is 11.0 Å². The SMILES string of the molecule is CCCCc1cccc2c1C(c1c(C)[nH]c3ccccc13)OC2=O. The number of H-pyrrole nitrogens is 1. The zero-order chi connectivity index (χ0) is 16.7. The van der Waals surface area contributed by atoms with Gasteiger partial charge in [-0.3, -0.25) is 0 Å². The Kier molecular flexibility index (Phi) is 3.64. The third-order valence-electron chi connectivity index (χ3n) is 4.91. The van der Waals surface area contributed by atoms with Crippen LogP contribution in [0.2, 0.25) is 0 Å². The van der Waals surface area contributed by atoms with Gasteiger partial charge in [0.05, 0.1) is 5.56 Å². The molecule has 0 saturated heterocycles. The van der Waals surface area contributed by atoms with Crippen LogP contribution < -0.4 is 0 Å². The number of rotatable bonds is 4. The molecule has 3 heteroatoms. The van der Waals surface area contributed by atoms with Crippen LogP contribution in [0, 0.1) is 6.92 Å². The van der Waals surface area contributed by atoms with E-state index in [0.717, 1.165) is 52.5 Å². The fourth-order valence-corrected chi connectivity index (χ4v) is 3.75. The standard InChI is InChI=1S/C21H21NO2/c1-3-4-8-14-9-7-11-16-19(14)20(24-21(16)23)18-13(2)22-17-12-6-5-10-15(17)18/h5-7,9-12,20,22H,3-4,8H2,1-2H3. The number of carbonyl (C=O) groups is 1. The van der Waals surface area contributed by atoms with Crippen molar-refractivity contribution in [2.45, 2.75) is 39.2 Å². The van der Waals surface area contributed by atoms with Crippen molar-refractivity contribution in [3.8, 4) is 0 Å². The maximum atomic E-state index is 12.4. The van der Waals surface area contributed by atoms with Gasteiger partial charge in [0.2, 0.25) is 0 Å². The van der Waals surface area contributed by atoms with Crippen LogP contribution in [0.5, 0.6) is 0 Å². The summed E-state index contributed by atoms with van der Waals surface area (Å²) in [4.78, 5) is 15.8. The van der Waals surface area contributed by atoms with Crippen LogP contribution in [0.4, 0.5) is 0 Å². The Morgan fingerprint density at radius 2 is 1.92 bits per heavy atom. The smallest absolute Gasteiger partial charge is 0.339 e. The highest BCUT2D eigenvalue weighted by atomic mass is 16.5. The zero-order valence-electron chi connectivity index (χ0n) is 14.1. The first-order valence-electron chi connectivity index (χ1n) is 8.60. The second-order valence-corrected chi connectivity index (χ2v) is 6.48. The minimum Gasteiger partial charge on any atom is -0.449 e. The lowest BCUT2D eigenvalue weighted by Gasteiger charge is -2.15. The number of ether oxygens (including phenoxy) is 1. The molecule has 0 radical (unpaired) electrons. The highest BCUT2D eigenvalue weighted by Gasteiger charge is 2.36. The molecule has 1 unspecified atom stereocenters. The molecule has 2 heterocycles. The summed E-state index contributed by atoms with van der Waals surface area (Å²) in [6.45, 7) is 4.24. The van der Waals surface area contributed by atoms with Gasteiger partial charge in [-0.25, -0.2) is 4.79 Å². The van der Waals surface area contributed by atoms with Crippen LogP contribution in [0.25, 0.3) is 10.9 Å². The first-order valence-corrected chi connectivity index (χ1v) is 8.60. The van der Waals surface area contributed by atoms with Crippen LogP contribution in [0.1, 0.15) is 58.6 Å². The second-order valence-electron chi connectivity index (χ2n) is 6.48. The number of unbranched alkanes of at least 4 members (excludes halogenated alkanes) is 1. The number of aromatic nitrogens is 1. The van der Waals surface area contributed by atoms with Crippen molar-refractivity contribution in [2.24, 2.45) is 0 Å². The van der Waals surface area contributed by atoms with E-state index in [1.807, 2.05) is 24.3 Å². The van der Waals surface area contributed by atoms with E-state index in [2.05, 4.69) is 37.0 Å². The molecule has 3 nitrogen and oxygen atoms in total. The van der Waals surface area contributed by atoms with E-state index in [1.165, 1.54) is 5.56 Å². The number of benzene rings is 2. The third-order valence-corrected chi connectivity index (χ3v) is 4.91. The van der Waals surface area contributed by atoms with Crippen molar-refractivity contribution < 1.29 is 9.53 Å². The van der Waals surface area contributed by atoms with E-state index >= 15 is 0 Å². The molecule has 0 saturated carbocycles. The molecule has 4 rings (SSSR count). The van der Waals surface area contributed by atoms with Crippen molar-refractivity contribution in [1.29, 1.82) is 0 Å². The topological polar surface area (TPSA) is 42.1 Å². The van der Waals surface area contributed by atoms with Gasteiger partial charge < -0.3 is 9.72 Å². The number of para-hydroxylation sites is 1. The third kappa shape index (κ3) is 2.23. The number of nitrogens with one attached hydrogen (secondary N) is 1. The Morgan fingerprint density at radius 1 is 1.08 bits per heavy atom. The molecule has 0 fully saturated rings. The lowest BCUT2D eigenvalue weighted by atomic mass is 9.91. The first kappa shape index (κ1) is 15.0. The van der Waals surface area contributed by atoms with Gasteiger partial charge in [0.25, 0.3) is 0 Å². The summed E-state index contributed by atoms with van der Waals surface area (Å²) in [6, 6.07) is 14.2. The van der Waals surface area contributed by atoms with Gasteiger partial charge >= 0.3 is 5.97 Å². The predicted octanol–water partition coefficient (Wildman–Crippen LogP) is 5.08. The van der Waals surface area contributed by atoms with Crippen LogP contribution in [-0.2, 0) is 11.2 Å². The monoisotopic (exact) mass is 319 g/mol. The van der Waals surface area contributed by atoms with Gasteiger partial charge in [-0.05, 0) is 37.5 Å². The molecule has 0 spiro atoms. The summed E-state index contributed by atoms with van der Waals surface area (Å²) in [5.74, 6) is -0.210. The molecule has 0 aliphatic carbocycles. The number of cyclic esters (lactones) is 1. The molecular weight excluding hydrogens is 298 g/mol. The summed E-state index contributed by atoms with van der Waals surface area (Å²) < 4.78 is 5.83. The molecule has 1 aromatic heterocycles. The van der Waals surface area contributed by atoms with Crippen molar-refractivity contribution in [3.63, 3.8) is 0 Å². The van der Waals surface area contributed by atoms with Gasteiger partial charge in [-0.2, -0.15) is 0 Å². The molecule has 1 aliphatic rings. The largest absolute Gasteiger partial charge is 0.449 e. The fraction of sp³-hybridized carbons (Fsp3) is 0.286. The number of aromatic amines is 1. The summed E-state index contributed by atoms with van der Waals surface area (Å²) in [5, 5.41) is 1.13. The van der Waals surface area contributed by atoms with Gasteiger partial charge in [0, 0.05) is 27.7 Å². The maximum Gasteiger partial charge on any atom is 0.339 e. The summed E-state index contributed by atoms with van der Waals surface area (Å²) in [5.41, 5.74) is 6.24. The van der Waals surface area contributed by atoms with Gasteiger partial charge in [-0.1, -0.05) is 43.7 Å². The van der Waals surface area contributed by atoms with E-state index in [-0.39, 0.29) is 12.1 Å². The van der Waals surface area contributed by atoms with Gasteiger partial charge in [-0.15, -0.1) is 0 Å². The molecule has 2 aromatic carbocycles. The normalized spacial score (nSPS) is 16.4. The van der Waals surface area contributed by atoms with Crippen LogP contribution in [0.15, 0.2) is 42.5 Å². The Bertz CT molecular complexity index is 923. The lowest BCUT2D eigenvalue weighted by molar-refractivity contribution is 0.0456. The van der Waals surface area contributed by atoms with E-state index in [4.69, 9.17) is 4.74 Å². The minimum atomic E-state index is -0.309. The molecule has 3 aromatic rings. The summed E-state index contributed by atoms with van der Waals surface area (Å²) in [7, 11) is 0. The second kappa shape index (κ2) is 5.82. The highest BCUT2D eigenvalue weighted by Crippen LogP contribution is 2.42. The predicted molar refractivity (Wildman–Crippen MR) is 95.3 cm³/mol. The molecule has 1 aliphatic heterocycles. The molecule has 0 amide bonds. The number of hydrogen-bond acceptors (Lipinski definition) is 2. The van der Waals surface area contributed by atoms with E-state index < -0.39 is 0 Å². The molecule has 1 atom stereocenters. The minimum absolute atomic E-state index is 0.210. The lowest BCUT2D eigenvalue weighted by Crippen LogP contribution is -2.04. The Hall–Kier alpha value is -2.55. The average Bonchev–Trinajstić information content (AvgIpc) is 3.09. The Labute approximate surface area is 141 Å². The van der Waals surface area contributed by atoms with Gasteiger partial charge in [0.1, 0.15) is 0 Å². The quantitative estimate of drug-likeness (QED) is 0.681. The van der Waals surface area contributed by atoms with Crippen LogP contribution in [0.3, 0.4) is 0 Å². The zero-order valence-corrected chi connectivity index (χ0v) is 14.1. The number of carbonyl (C=O) groups excluding carboxylic acids is 1. The Balaban J connectivity index is 1.90. The molecule has 1 N–H and O–H groups in total. The first-order chi connectivity index (χ1) is 11.7. The summed E-state index contributed by atoms with van der Waals surface area (Å²) in [6.07, 6.45) is 2.92. The van der Waals surface area contributed by atoms with E-state index in [0.29, 0.717) is 0 Å². The highest BCUT2D eigenvalue weighted by molar-refractivity contribution is 5.96. The molecule has 122 valence electrons. The van der Waals surface area contributed by atoms with E-state index in [1.54, 1.807) is 0 Å². The van der Waals surface area contributed by atoms with Gasteiger partial charge in [0.15, 0.2) is 6.10 Å². The van der Waals surface area contributed by atoms with E-state index in [9.17, 15) is 4.79 Å². The molecular formula is C21H21NO2. The number of hydrogen-bond donors (Lipinski definition) is 1. The molecule has 0 bridgehead atoms. The van der Waals surface area contributed by atoms with Crippen molar-refractivity contribution >= 4 is 16.9 Å². The average molecular weight is 319 g/mol. The molecule has 24 heavy (non-hydrogen) atoms. The number of fused-ring (bicyclic) bond motifs is 2. The maximum absolute atomic E-state index is 12.4. The van der Waals surface area contributed by atoms with Crippen molar-refractivity contribution in [1.82, 2.24) is 4.98 Å². The fourth-order valence-electron chi connectivity index (χ4n) is 3.75. The van der Waals surface area contributed by atoms with Crippen LogP contribution >= 0.6 is 0 Å². The Morgan fingerprint density at radius 3 is 2.75 bits per heavy atom. The number of aryl methyl sites for hydroxylation is 2. The van der Waals surface area contributed by atoms with Crippen molar-refractivity contribution in [3.05, 3.63) is 70.4 Å². The number of esters is 1. The summed E-state index contributed by atoms with van der Waals surface area (Å²) >= 11 is 0. The van der Waals surface area contributed by atoms with Crippen molar-refractivity contribution in [2.75, 3.05) is 0 Å².